The van der Waals surface area contributed by atoms with Gasteiger partial charge in [-0.05, 0) is 50.1 Å². The van der Waals surface area contributed by atoms with Crippen LogP contribution in [0.25, 0.3) is 0 Å². The zero-order chi connectivity index (χ0) is 21.8. The molecule has 0 aliphatic carbocycles. The highest BCUT2D eigenvalue weighted by atomic mass is 16.5. The molecule has 1 heterocycles. The molecule has 1 aliphatic heterocycles. The molecule has 2 aromatic carbocycles. The van der Waals surface area contributed by atoms with Crippen molar-refractivity contribution >= 4 is 23.6 Å². The first-order chi connectivity index (χ1) is 14.2. The standard InChI is InChI=1S/C23H24N2O5/c1-14-4-7-17(8-5-14)22(28)24-25-12-19(11-21(25)27)23(29)30-13-20(26)18-9-6-15(2)16(3)10-18/h4-10,19H,11-13H2,1-3H3,(H,24,28)/t19-/m1/s1. The largest absolute Gasteiger partial charge is 0.457 e. The minimum Gasteiger partial charge on any atom is -0.457 e. The van der Waals surface area contributed by atoms with E-state index in [9.17, 15) is 19.2 Å². The number of benzene rings is 2. The highest BCUT2D eigenvalue weighted by Crippen LogP contribution is 2.18. The third-order valence-electron chi connectivity index (χ3n) is 5.18. The van der Waals surface area contributed by atoms with Crippen LogP contribution in [-0.2, 0) is 14.3 Å². The van der Waals surface area contributed by atoms with Crippen molar-refractivity contribution in [3.63, 3.8) is 0 Å². The highest BCUT2D eigenvalue weighted by molar-refractivity contribution is 5.99. The first-order valence-corrected chi connectivity index (χ1v) is 9.69. The number of Topliss-reactive ketones (excluding diaryl/α,β-unsaturated/α-hetero) is 1. The molecule has 1 N–H and O–H groups in total. The lowest BCUT2D eigenvalue weighted by Gasteiger charge is -2.17. The van der Waals surface area contributed by atoms with Gasteiger partial charge in [-0.2, -0.15) is 0 Å². The van der Waals surface area contributed by atoms with Gasteiger partial charge in [0.2, 0.25) is 5.91 Å². The number of aryl methyl sites for hydroxylation is 3. The number of nitrogens with one attached hydrogen (secondary N) is 1. The predicted molar refractivity (Wildman–Crippen MR) is 110 cm³/mol. The molecule has 0 radical (unpaired) electrons. The Morgan fingerprint density at radius 3 is 2.33 bits per heavy atom. The van der Waals surface area contributed by atoms with E-state index in [1.54, 1.807) is 36.4 Å². The fourth-order valence-corrected chi connectivity index (χ4v) is 3.12. The monoisotopic (exact) mass is 408 g/mol. The smallest absolute Gasteiger partial charge is 0.311 e. The lowest BCUT2D eigenvalue weighted by atomic mass is 10.0. The van der Waals surface area contributed by atoms with Gasteiger partial charge >= 0.3 is 5.97 Å². The van der Waals surface area contributed by atoms with Crippen molar-refractivity contribution in [2.45, 2.75) is 27.2 Å². The van der Waals surface area contributed by atoms with E-state index in [4.69, 9.17) is 4.74 Å². The molecular weight excluding hydrogens is 384 g/mol. The van der Waals surface area contributed by atoms with Crippen molar-refractivity contribution in [3.05, 3.63) is 70.3 Å². The number of carbonyl (C=O) groups excluding carboxylic acids is 4. The van der Waals surface area contributed by atoms with E-state index >= 15 is 0 Å². The highest BCUT2D eigenvalue weighted by Gasteiger charge is 2.36. The Hall–Kier alpha value is -3.48. The van der Waals surface area contributed by atoms with Gasteiger partial charge in [-0.25, -0.2) is 0 Å². The second kappa shape index (κ2) is 8.90. The fraction of sp³-hybridized carbons (Fsp3) is 0.304. The summed E-state index contributed by atoms with van der Waals surface area (Å²) in [5.74, 6) is -2.48. The van der Waals surface area contributed by atoms with Crippen LogP contribution in [0, 0.1) is 26.7 Å². The van der Waals surface area contributed by atoms with E-state index in [-0.39, 0.29) is 31.3 Å². The minimum atomic E-state index is -0.733. The Kier molecular flexibility index (Phi) is 6.30. The van der Waals surface area contributed by atoms with Crippen LogP contribution >= 0.6 is 0 Å². The number of hydrogen-bond donors (Lipinski definition) is 1. The molecule has 156 valence electrons. The quantitative estimate of drug-likeness (QED) is 0.586. The van der Waals surface area contributed by atoms with Gasteiger partial charge in [0, 0.05) is 17.5 Å². The third kappa shape index (κ3) is 4.92. The first kappa shape index (κ1) is 21.2. The van der Waals surface area contributed by atoms with E-state index in [1.807, 2.05) is 26.8 Å². The summed E-state index contributed by atoms with van der Waals surface area (Å²) in [6.07, 6.45) is -0.0785. The summed E-state index contributed by atoms with van der Waals surface area (Å²) in [6, 6.07) is 12.2. The number of esters is 1. The zero-order valence-corrected chi connectivity index (χ0v) is 17.2. The van der Waals surface area contributed by atoms with Crippen molar-refractivity contribution in [3.8, 4) is 0 Å². The van der Waals surface area contributed by atoms with Gasteiger partial charge in [0.25, 0.3) is 5.91 Å². The van der Waals surface area contributed by atoms with Gasteiger partial charge in [0.1, 0.15) is 0 Å². The van der Waals surface area contributed by atoms with Crippen LogP contribution < -0.4 is 5.43 Å². The molecule has 2 amide bonds. The second-order valence-corrected chi connectivity index (χ2v) is 7.54. The van der Waals surface area contributed by atoms with Gasteiger partial charge < -0.3 is 4.74 Å². The number of ether oxygens (including phenoxy) is 1. The molecule has 7 heteroatoms. The lowest BCUT2D eigenvalue weighted by Crippen LogP contribution is -2.43. The van der Waals surface area contributed by atoms with Crippen LogP contribution in [0.3, 0.4) is 0 Å². The first-order valence-electron chi connectivity index (χ1n) is 9.69. The Bertz CT molecular complexity index is 997. The fourth-order valence-electron chi connectivity index (χ4n) is 3.12. The number of ketones is 1. The normalized spacial score (nSPS) is 15.8. The lowest BCUT2D eigenvalue weighted by molar-refractivity contribution is -0.147. The van der Waals surface area contributed by atoms with Crippen molar-refractivity contribution in [1.82, 2.24) is 10.4 Å². The summed E-state index contributed by atoms with van der Waals surface area (Å²) in [5.41, 5.74) is 6.48. The van der Waals surface area contributed by atoms with Gasteiger partial charge in [0.15, 0.2) is 12.4 Å². The van der Waals surface area contributed by atoms with Gasteiger partial charge in [-0.15, -0.1) is 0 Å². The number of hydrogen-bond acceptors (Lipinski definition) is 5. The van der Waals surface area contributed by atoms with Gasteiger partial charge in [0.05, 0.1) is 12.5 Å². The van der Waals surface area contributed by atoms with E-state index < -0.39 is 17.8 Å². The Morgan fingerprint density at radius 1 is 1.00 bits per heavy atom. The zero-order valence-electron chi connectivity index (χ0n) is 17.2. The van der Waals surface area contributed by atoms with Crippen LogP contribution in [0.2, 0.25) is 0 Å². The molecule has 0 spiro atoms. The molecule has 1 atom stereocenters. The third-order valence-corrected chi connectivity index (χ3v) is 5.18. The van der Waals surface area contributed by atoms with Gasteiger partial charge in [-0.1, -0.05) is 29.8 Å². The van der Waals surface area contributed by atoms with Crippen molar-refractivity contribution < 1.29 is 23.9 Å². The molecule has 0 unspecified atom stereocenters. The van der Waals surface area contributed by atoms with E-state index in [2.05, 4.69) is 5.43 Å². The summed E-state index contributed by atoms with van der Waals surface area (Å²) in [4.78, 5) is 49.1. The second-order valence-electron chi connectivity index (χ2n) is 7.54. The Balaban J connectivity index is 1.53. The van der Waals surface area contributed by atoms with Gasteiger partial charge in [-0.3, -0.25) is 29.6 Å². The van der Waals surface area contributed by atoms with Crippen LogP contribution in [-0.4, -0.2) is 41.7 Å². The number of hydrazine groups is 1. The van der Waals surface area contributed by atoms with Crippen molar-refractivity contribution in [2.24, 2.45) is 5.92 Å². The molecule has 0 saturated carbocycles. The van der Waals surface area contributed by atoms with Crippen LogP contribution in [0.1, 0.15) is 43.8 Å². The summed E-state index contributed by atoms with van der Waals surface area (Å²) in [5, 5.41) is 1.12. The molecular formula is C23H24N2O5. The maximum absolute atomic E-state index is 12.3. The SMILES string of the molecule is Cc1ccc(C(=O)NN2C[C@H](C(=O)OCC(=O)c3ccc(C)c(C)c3)CC2=O)cc1. The topological polar surface area (TPSA) is 92.8 Å². The maximum Gasteiger partial charge on any atom is 0.311 e. The van der Waals surface area contributed by atoms with Crippen LogP contribution in [0.4, 0.5) is 0 Å². The maximum atomic E-state index is 12.3. The van der Waals surface area contributed by atoms with E-state index in [0.29, 0.717) is 11.1 Å². The number of carbonyl (C=O) groups is 4. The van der Waals surface area contributed by atoms with E-state index in [1.165, 1.54) is 0 Å². The van der Waals surface area contributed by atoms with Crippen molar-refractivity contribution in [1.29, 1.82) is 0 Å². The molecule has 0 bridgehead atoms. The minimum absolute atomic E-state index is 0.00704. The number of nitrogens with zero attached hydrogens (tertiary/aromatic N) is 1. The molecule has 3 rings (SSSR count). The average Bonchev–Trinajstić information content (AvgIpc) is 3.08. The van der Waals surface area contributed by atoms with Crippen LogP contribution in [0.15, 0.2) is 42.5 Å². The molecule has 1 saturated heterocycles. The summed E-state index contributed by atoms with van der Waals surface area (Å²) >= 11 is 0. The Morgan fingerprint density at radius 2 is 1.67 bits per heavy atom. The summed E-state index contributed by atoms with van der Waals surface area (Å²) < 4.78 is 5.13. The molecule has 30 heavy (non-hydrogen) atoms. The van der Waals surface area contributed by atoms with Crippen molar-refractivity contribution in [2.75, 3.05) is 13.2 Å². The number of amides is 2. The molecule has 1 fully saturated rings. The predicted octanol–water partition coefficient (Wildman–Crippen LogP) is 2.53. The number of rotatable bonds is 6. The molecule has 7 nitrogen and oxygen atoms in total. The summed E-state index contributed by atoms with van der Waals surface area (Å²) in [6.45, 7) is 5.38. The summed E-state index contributed by atoms with van der Waals surface area (Å²) in [7, 11) is 0. The van der Waals surface area contributed by atoms with E-state index in [0.717, 1.165) is 21.7 Å². The Labute approximate surface area is 175 Å². The average molecular weight is 408 g/mol. The molecule has 0 aromatic heterocycles. The molecule has 1 aliphatic rings. The van der Waals surface area contributed by atoms with Crippen LogP contribution in [0.5, 0.6) is 0 Å². The molecule has 2 aromatic rings.